The summed E-state index contributed by atoms with van der Waals surface area (Å²) in [5.41, 5.74) is 0. The van der Waals surface area contributed by atoms with Gasteiger partial charge >= 0.3 is 0 Å². The number of nitrogens with zero attached hydrogens (tertiary/aromatic N) is 3. The first kappa shape index (κ1) is 16.7. The molecule has 122 valence electrons. The normalized spacial score (nSPS) is 26.0. The fourth-order valence-corrected chi connectivity index (χ4v) is 3.85. The van der Waals surface area contributed by atoms with Crippen LogP contribution in [-0.4, -0.2) is 73.7 Å². The highest BCUT2D eigenvalue weighted by atomic mass is 32.2. The summed E-state index contributed by atoms with van der Waals surface area (Å²) in [5.74, 6) is 0.172. The van der Waals surface area contributed by atoms with Gasteiger partial charge in [0.15, 0.2) is 0 Å². The Morgan fingerprint density at radius 3 is 2.38 bits per heavy atom. The fourth-order valence-electron chi connectivity index (χ4n) is 3.18. The Kier molecular flexibility index (Phi) is 5.59. The van der Waals surface area contributed by atoms with Crippen LogP contribution >= 0.6 is 0 Å². The van der Waals surface area contributed by atoms with Gasteiger partial charge in [0.2, 0.25) is 5.91 Å². The molecule has 2 fully saturated rings. The molecule has 1 amide bonds. The van der Waals surface area contributed by atoms with Gasteiger partial charge in [0, 0.05) is 38.8 Å². The van der Waals surface area contributed by atoms with Crippen LogP contribution in [0.2, 0.25) is 0 Å². The molecular formula is C13H26N4O3S. The van der Waals surface area contributed by atoms with Crippen molar-refractivity contribution < 1.29 is 13.2 Å². The summed E-state index contributed by atoms with van der Waals surface area (Å²) < 4.78 is 23.8. The van der Waals surface area contributed by atoms with Crippen molar-refractivity contribution in [2.24, 2.45) is 5.14 Å². The molecule has 2 aliphatic rings. The second-order valence-corrected chi connectivity index (χ2v) is 7.41. The van der Waals surface area contributed by atoms with Crippen molar-refractivity contribution in [3.05, 3.63) is 0 Å². The minimum Gasteiger partial charge on any atom is -0.339 e. The SMILES string of the molecule is CCC1CCCCN1C(=O)CN1CCN(S(N)(=O)=O)CC1. The highest BCUT2D eigenvalue weighted by molar-refractivity contribution is 7.86. The van der Waals surface area contributed by atoms with E-state index in [0.29, 0.717) is 38.8 Å². The molecule has 0 bridgehead atoms. The Hall–Kier alpha value is -0.700. The average molecular weight is 318 g/mol. The average Bonchev–Trinajstić information content (AvgIpc) is 2.46. The summed E-state index contributed by atoms with van der Waals surface area (Å²) in [7, 11) is -3.60. The molecule has 0 aromatic rings. The van der Waals surface area contributed by atoms with Crippen molar-refractivity contribution in [3.8, 4) is 0 Å². The minimum atomic E-state index is -3.60. The molecule has 2 aliphatic heterocycles. The van der Waals surface area contributed by atoms with Crippen molar-refractivity contribution in [3.63, 3.8) is 0 Å². The molecule has 21 heavy (non-hydrogen) atoms. The molecule has 2 heterocycles. The highest BCUT2D eigenvalue weighted by Crippen LogP contribution is 2.19. The zero-order valence-electron chi connectivity index (χ0n) is 12.7. The minimum absolute atomic E-state index is 0.172. The summed E-state index contributed by atoms with van der Waals surface area (Å²) in [5, 5.41) is 5.11. The lowest BCUT2D eigenvalue weighted by Crippen LogP contribution is -2.54. The maximum Gasteiger partial charge on any atom is 0.276 e. The van der Waals surface area contributed by atoms with Crippen LogP contribution in [0.4, 0.5) is 0 Å². The lowest BCUT2D eigenvalue weighted by Gasteiger charge is -2.38. The van der Waals surface area contributed by atoms with E-state index >= 15 is 0 Å². The molecule has 0 aromatic carbocycles. The predicted molar refractivity (Wildman–Crippen MR) is 80.8 cm³/mol. The van der Waals surface area contributed by atoms with Gasteiger partial charge in [-0.2, -0.15) is 12.7 Å². The molecule has 0 aliphatic carbocycles. The number of hydrogen-bond acceptors (Lipinski definition) is 4. The molecule has 0 saturated carbocycles. The van der Waals surface area contributed by atoms with Gasteiger partial charge in [-0.25, -0.2) is 5.14 Å². The highest BCUT2D eigenvalue weighted by Gasteiger charge is 2.29. The van der Waals surface area contributed by atoms with Gasteiger partial charge in [-0.3, -0.25) is 9.69 Å². The van der Waals surface area contributed by atoms with E-state index in [0.717, 1.165) is 25.8 Å². The third kappa shape index (κ3) is 4.38. The second-order valence-electron chi connectivity index (χ2n) is 5.87. The zero-order chi connectivity index (χ0) is 15.5. The van der Waals surface area contributed by atoms with Crippen LogP contribution in [0.5, 0.6) is 0 Å². The van der Waals surface area contributed by atoms with Gasteiger partial charge in [0.1, 0.15) is 0 Å². The number of carbonyl (C=O) groups is 1. The van der Waals surface area contributed by atoms with E-state index in [4.69, 9.17) is 5.14 Å². The van der Waals surface area contributed by atoms with Crippen molar-refractivity contribution >= 4 is 16.1 Å². The molecule has 7 nitrogen and oxygen atoms in total. The molecule has 2 saturated heterocycles. The summed E-state index contributed by atoms with van der Waals surface area (Å²) in [6.45, 7) is 5.22. The van der Waals surface area contributed by atoms with Crippen LogP contribution in [0.1, 0.15) is 32.6 Å². The van der Waals surface area contributed by atoms with Crippen LogP contribution in [-0.2, 0) is 15.0 Å². The molecular weight excluding hydrogens is 292 g/mol. The summed E-state index contributed by atoms with van der Waals surface area (Å²) in [4.78, 5) is 16.5. The lowest BCUT2D eigenvalue weighted by atomic mass is 10.00. The number of hydrogen-bond donors (Lipinski definition) is 1. The zero-order valence-corrected chi connectivity index (χ0v) is 13.5. The third-order valence-electron chi connectivity index (χ3n) is 4.47. The van der Waals surface area contributed by atoms with Crippen LogP contribution in [0, 0.1) is 0 Å². The smallest absolute Gasteiger partial charge is 0.276 e. The van der Waals surface area contributed by atoms with E-state index in [1.54, 1.807) is 0 Å². The third-order valence-corrected chi connectivity index (χ3v) is 5.55. The largest absolute Gasteiger partial charge is 0.339 e. The van der Waals surface area contributed by atoms with Gasteiger partial charge in [0.05, 0.1) is 6.54 Å². The summed E-state index contributed by atoms with van der Waals surface area (Å²) >= 11 is 0. The van der Waals surface area contributed by atoms with E-state index in [1.165, 1.54) is 10.7 Å². The van der Waals surface area contributed by atoms with E-state index in [2.05, 4.69) is 6.92 Å². The number of piperidine rings is 1. The molecule has 2 rings (SSSR count). The number of rotatable bonds is 4. The number of carbonyl (C=O) groups excluding carboxylic acids is 1. The van der Waals surface area contributed by atoms with Crippen molar-refractivity contribution in [2.75, 3.05) is 39.3 Å². The van der Waals surface area contributed by atoms with Gasteiger partial charge in [-0.1, -0.05) is 6.92 Å². The van der Waals surface area contributed by atoms with E-state index in [1.807, 2.05) is 9.80 Å². The molecule has 0 radical (unpaired) electrons. The Morgan fingerprint density at radius 1 is 1.14 bits per heavy atom. The number of likely N-dealkylation sites (tertiary alicyclic amines) is 1. The van der Waals surface area contributed by atoms with Crippen molar-refractivity contribution in [1.29, 1.82) is 0 Å². The molecule has 1 unspecified atom stereocenters. The molecule has 2 N–H and O–H groups in total. The topological polar surface area (TPSA) is 86.9 Å². The van der Waals surface area contributed by atoms with Crippen LogP contribution in [0.25, 0.3) is 0 Å². The molecule has 0 spiro atoms. The van der Waals surface area contributed by atoms with Crippen LogP contribution < -0.4 is 5.14 Å². The predicted octanol–water partition coefficient (Wildman–Crippen LogP) is -0.401. The first-order valence-electron chi connectivity index (χ1n) is 7.71. The van der Waals surface area contributed by atoms with Crippen LogP contribution in [0.15, 0.2) is 0 Å². The molecule has 0 aromatic heterocycles. The summed E-state index contributed by atoms with van der Waals surface area (Å²) in [6, 6.07) is 0.372. The Labute approximate surface area is 127 Å². The second kappa shape index (κ2) is 7.04. The van der Waals surface area contributed by atoms with Crippen LogP contribution in [0.3, 0.4) is 0 Å². The quantitative estimate of drug-likeness (QED) is 0.764. The molecule has 8 heteroatoms. The maximum atomic E-state index is 12.4. The first-order chi connectivity index (χ1) is 9.91. The monoisotopic (exact) mass is 318 g/mol. The Balaban J connectivity index is 1.84. The van der Waals surface area contributed by atoms with E-state index in [9.17, 15) is 13.2 Å². The van der Waals surface area contributed by atoms with Gasteiger partial charge < -0.3 is 4.90 Å². The summed E-state index contributed by atoms with van der Waals surface area (Å²) in [6.07, 6.45) is 4.39. The first-order valence-corrected chi connectivity index (χ1v) is 9.22. The van der Waals surface area contributed by atoms with E-state index in [-0.39, 0.29) is 5.91 Å². The Bertz CT molecular complexity index is 460. The van der Waals surface area contributed by atoms with Gasteiger partial charge in [-0.15, -0.1) is 0 Å². The molecule has 1 atom stereocenters. The maximum absolute atomic E-state index is 12.4. The standard InChI is InChI=1S/C13H26N4O3S/c1-2-12-5-3-4-6-17(12)13(18)11-15-7-9-16(10-8-15)21(14,19)20/h12H,2-11H2,1H3,(H2,14,19,20). The van der Waals surface area contributed by atoms with Crippen molar-refractivity contribution in [1.82, 2.24) is 14.1 Å². The van der Waals surface area contributed by atoms with E-state index < -0.39 is 10.2 Å². The van der Waals surface area contributed by atoms with Gasteiger partial charge in [-0.05, 0) is 25.7 Å². The fraction of sp³-hybridized carbons (Fsp3) is 0.923. The number of nitrogens with two attached hydrogens (primary N) is 1. The van der Waals surface area contributed by atoms with Gasteiger partial charge in [0.25, 0.3) is 10.2 Å². The van der Waals surface area contributed by atoms with Crippen molar-refractivity contribution in [2.45, 2.75) is 38.6 Å². The number of piperazine rings is 1. The lowest BCUT2D eigenvalue weighted by molar-refractivity contribution is -0.136. The Morgan fingerprint density at radius 2 is 1.81 bits per heavy atom. The number of amides is 1.